The summed E-state index contributed by atoms with van der Waals surface area (Å²) in [7, 11) is 0. The number of imidazole rings is 1. The maximum absolute atomic E-state index is 12.2. The first kappa shape index (κ1) is 22.7. The second kappa shape index (κ2) is 9.16. The fourth-order valence-corrected chi connectivity index (χ4v) is 3.75. The average Bonchev–Trinajstić information content (AvgIpc) is 3.21. The molecule has 0 spiro atoms. The van der Waals surface area contributed by atoms with Gasteiger partial charge in [-0.25, -0.2) is 4.79 Å². The number of carbonyl (C=O) groups is 1. The number of nitro groups is 1. The number of fused-ring (bicyclic) bond motifs is 1. The Bertz CT molecular complexity index is 992. The molecule has 11 heteroatoms. The van der Waals surface area contributed by atoms with Gasteiger partial charge in [0.2, 0.25) is 0 Å². The molecule has 1 aromatic carbocycles. The molecule has 11 nitrogen and oxygen atoms in total. The number of ether oxygens (including phenoxy) is 3. The smallest absolute Gasteiger partial charge is 0.414 e. The van der Waals surface area contributed by atoms with Crippen molar-refractivity contribution in [3.8, 4) is 11.8 Å². The number of hydrogen-bond acceptors (Lipinski definition) is 8. The van der Waals surface area contributed by atoms with Crippen LogP contribution < -0.4 is 14.4 Å². The van der Waals surface area contributed by atoms with E-state index in [0.29, 0.717) is 32.7 Å². The molecule has 33 heavy (non-hydrogen) atoms. The maximum atomic E-state index is 12.2. The number of carbonyl (C=O) groups excluding carboxylic acids is 1. The minimum atomic E-state index is -0.529. The first-order valence-corrected chi connectivity index (χ1v) is 11.0. The zero-order chi connectivity index (χ0) is 23.6. The second-order valence-electron chi connectivity index (χ2n) is 9.12. The van der Waals surface area contributed by atoms with Crippen LogP contribution in [-0.4, -0.2) is 70.0 Å². The van der Waals surface area contributed by atoms with Gasteiger partial charge in [-0.2, -0.15) is 0 Å². The van der Waals surface area contributed by atoms with E-state index in [0.717, 1.165) is 24.5 Å². The fraction of sp³-hybridized carbons (Fsp3) is 0.545. The Morgan fingerprint density at radius 2 is 1.88 bits per heavy atom. The Morgan fingerprint density at radius 3 is 2.52 bits per heavy atom. The second-order valence-corrected chi connectivity index (χ2v) is 9.12. The number of benzene rings is 1. The van der Waals surface area contributed by atoms with Crippen LogP contribution in [0.25, 0.3) is 0 Å². The Morgan fingerprint density at radius 1 is 1.18 bits per heavy atom. The summed E-state index contributed by atoms with van der Waals surface area (Å²) in [6, 6.07) is 8.06. The van der Waals surface area contributed by atoms with Crippen molar-refractivity contribution in [1.29, 1.82) is 0 Å². The Labute approximate surface area is 192 Å². The van der Waals surface area contributed by atoms with Crippen molar-refractivity contribution < 1.29 is 23.9 Å². The number of hydrogen-bond donors (Lipinski definition) is 0. The minimum absolute atomic E-state index is 0.214. The predicted octanol–water partition coefficient (Wildman–Crippen LogP) is 3.08. The summed E-state index contributed by atoms with van der Waals surface area (Å²) in [5, 5.41) is 10.9. The third-order valence-electron chi connectivity index (χ3n) is 5.45. The molecule has 1 fully saturated rings. The highest BCUT2D eigenvalue weighted by atomic mass is 16.6. The summed E-state index contributed by atoms with van der Waals surface area (Å²) in [5.74, 6) is 0.503. The lowest BCUT2D eigenvalue weighted by atomic mass is 10.2. The molecule has 4 rings (SSSR count). The molecule has 2 aromatic rings. The summed E-state index contributed by atoms with van der Waals surface area (Å²) < 4.78 is 18.7. The largest absolute Gasteiger partial charge is 0.490 e. The predicted molar refractivity (Wildman–Crippen MR) is 120 cm³/mol. The molecule has 1 atom stereocenters. The number of aryl methyl sites for hydroxylation is 1. The average molecular weight is 460 g/mol. The van der Waals surface area contributed by atoms with Crippen LogP contribution >= 0.6 is 0 Å². The maximum Gasteiger partial charge on any atom is 0.414 e. The van der Waals surface area contributed by atoms with Gasteiger partial charge < -0.3 is 34.1 Å². The minimum Gasteiger partial charge on any atom is -0.490 e. The van der Waals surface area contributed by atoms with Crippen molar-refractivity contribution in [2.45, 2.75) is 45.4 Å². The molecule has 2 aliphatic heterocycles. The fourth-order valence-electron chi connectivity index (χ4n) is 3.75. The highest BCUT2D eigenvalue weighted by molar-refractivity contribution is 5.68. The van der Waals surface area contributed by atoms with E-state index >= 15 is 0 Å². The molecule has 1 unspecified atom stereocenters. The van der Waals surface area contributed by atoms with Crippen molar-refractivity contribution >= 4 is 17.6 Å². The van der Waals surface area contributed by atoms with Crippen molar-refractivity contribution in [1.82, 2.24) is 14.5 Å². The lowest BCUT2D eigenvalue weighted by molar-refractivity contribution is -0.389. The van der Waals surface area contributed by atoms with Crippen molar-refractivity contribution in [3.05, 3.63) is 40.6 Å². The van der Waals surface area contributed by atoms with Crippen LogP contribution in [0.5, 0.6) is 11.8 Å². The number of anilines is 1. The number of aromatic nitrogens is 2. The van der Waals surface area contributed by atoms with Crippen LogP contribution in [0.1, 0.15) is 27.2 Å². The van der Waals surface area contributed by atoms with Crippen LogP contribution in [0, 0.1) is 10.1 Å². The third-order valence-corrected chi connectivity index (χ3v) is 5.45. The molecule has 0 radical (unpaired) electrons. The molecule has 0 bridgehead atoms. The van der Waals surface area contributed by atoms with E-state index in [1.54, 1.807) is 9.47 Å². The van der Waals surface area contributed by atoms with Crippen LogP contribution in [0.3, 0.4) is 0 Å². The number of amides is 1. The van der Waals surface area contributed by atoms with Gasteiger partial charge in [-0.15, -0.1) is 0 Å². The highest BCUT2D eigenvalue weighted by Gasteiger charge is 2.29. The summed E-state index contributed by atoms with van der Waals surface area (Å²) in [6.45, 7) is 9.21. The van der Waals surface area contributed by atoms with Gasteiger partial charge in [0.15, 0.2) is 0 Å². The first-order valence-electron chi connectivity index (χ1n) is 11.0. The van der Waals surface area contributed by atoms with Crippen molar-refractivity contribution in [3.63, 3.8) is 0 Å². The van der Waals surface area contributed by atoms with Crippen LogP contribution in [0.15, 0.2) is 30.5 Å². The lowest BCUT2D eigenvalue weighted by Crippen LogP contribution is -2.50. The summed E-state index contributed by atoms with van der Waals surface area (Å²) in [6.07, 6.45) is 1.58. The van der Waals surface area contributed by atoms with Gasteiger partial charge in [0, 0.05) is 49.8 Å². The van der Waals surface area contributed by atoms with E-state index in [1.807, 2.05) is 45.0 Å². The summed E-state index contributed by atoms with van der Waals surface area (Å²) in [5.41, 5.74) is 0.570. The Balaban J connectivity index is 1.25. The van der Waals surface area contributed by atoms with Crippen LogP contribution in [-0.2, 0) is 11.3 Å². The van der Waals surface area contributed by atoms with Crippen molar-refractivity contribution in [2.24, 2.45) is 0 Å². The van der Waals surface area contributed by atoms with Crippen molar-refractivity contribution in [2.75, 3.05) is 37.7 Å². The molecule has 0 aliphatic carbocycles. The molecular formula is C22H29N5O6. The molecule has 178 valence electrons. The van der Waals surface area contributed by atoms with E-state index in [1.165, 1.54) is 6.20 Å². The molecule has 1 amide bonds. The zero-order valence-corrected chi connectivity index (χ0v) is 19.1. The van der Waals surface area contributed by atoms with E-state index in [4.69, 9.17) is 14.2 Å². The normalized spacial score (nSPS) is 18.3. The van der Waals surface area contributed by atoms with Gasteiger partial charge in [-0.05, 0) is 50.0 Å². The third kappa shape index (κ3) is 5.65. The van der Waals surface area contributed by atoms with Gasteiger partial charge in [0.25, 0.3) is 0 Å². The lowest BCUT2D eigenvalue weighted by Gasteiger charge is -2.36. The molecule has 3 heterocycles. The van der Waals surface area contributed by atoms with E-state index < -0.39 is 10.5 Å². The Hall–Kier alpha value is -3.50. The van der Waals surface area contributed by atoms with Gasteiger partial charge in [0.05, 0.1) is 0 Å². The molecule has 0 N–H and O–H groups in total. The van der Waals surface area contributed by atoms with Crippen LogP contribution in [0.2, 0.25) is 0 Å². The monoisotopic (exact) mass is 459 g/mol. The van der Waals surface area contributed by atoms with Crippen LogP contribution in [0.4, 0.5) is 16.3 Å². The molecule has 0 saturated carbocycles. The number of piperazine rings is 1. The van der Waals surface area contributed by atoms with E-state index in [-0.39, 0.29) is 24.0 Å². The summed E-state index contributed by atoms with van der Waals surface area (Å²) >= 11 is 0. The Kier molecular flexibility index (Phi) is 6.30. The van der Waals surface area contributed by atoms with Gasteiger partial charge in [0.1, 0.15) is 30.3 Å². The summed E-state index contributed by atoms with van der Waals surface area (Å²) in [4.78, 5) is 30.4. The zero-order valence-electron chi connectivity index (χ0n) is 19.1. The van der Waals surface area contributed by atoms with Gasteiger partial charge in [-0.1, -0.05) is 0 Å². The van der Waals surface area contributed by atoms with E-state index in [2.05, 4.69) is 9.88 Å². The SMILES string of the molecule is CC(C)(C)OC(=O)N1CCN(c2ccc(OCC3CCn4cc([N+](=O)[O-])nc4O3)cc2)CC1. The van der Waals surface area contributed by atoms with Gasteiger partial charge in [-0.3, -0.25) is 4.57 Å². The molecule has 2 aliphatic rings. The number of rotatable bonds is 5. The molecular weight excluding hydrogens is 430 g/mol. The van der Waals surface area contributed by atoms with E-state index in [9.17, 15) is 14.9 Å². The molecule has 1 saturated heterocycles. The number of nitrogens with zero attached hydrogens (tertiary/aromatic N) is 5. The topological polar surface area (TPSA) is 112 Å². The molecule has 1 aromatic heterocycles. The van der Waals surface area contributed by atoms with Gasteiger partial charge >= 0.3 is 17.9 Å². The standard InChI is InChI=1S/C22H29N5O6/c1-22(2,3)33-21(28)25-12-10-24(11-13-25)16-4-6-17(7-5-16)31-15-18-8-9-26-14-19(27(29)30)23-20(26)32-18/h4-7,14,18H,8-13,15H2,1-3H3. The highest BCUT2D eigenvalue weighted by Crippen LogP contribution is 2.26. The first-order chi connectivity index (χ1) is 15.7. The quantitative estimate of drug-likeness (QED) is 0.495.